The van der Waals surface area contributed by atoms with Crippen LogP contribution >= 0.6 is 15.9 Å². The van der Waals surface area contributed by atoms with E-state index in [4.69, 9.17) is 4.74 Å². The van der Waals surface area contributed by atoms with Crippen molar-refractivity contribution in [1.82, 2.24) is 14.9 Å². The van der Waals surface area contributed by atoms with Gasteiger partial charge < -0.3 is 9.64 Å². The van der Waals surface area contributed by atoms with Gasteiger partial charge in [0.1, 0.15) is 5.82 Å². The van der Waals surface area contributed by atoms with Crippen LogP contribution in [0.3, 0.4) is 0 Å². The van der Waals surface area contributed by atoms with Crippen molar-refractivity contribution < 1.29 is 4.74 Å². The highest BCUT2D eigenvalue weighted by atomic mass is 79.9. The lowest BCUT2D eigenvalue weighted by Gasteiger charge is -2.41. The van der Waals surface area contributed by atoms with E-state index in [0.29, 0.717) is 10.8 Å². The van der Waals surface area contributed by atoms with Crippen molar-refractivity contribution in [3.05, 3.63) is 17.0 Å². The number of hydrogen-bond donors (Lipinski definition) is 0. The van der Waals surface area contributed by atoms with Crippen LogP contribution in [0.2, 0.25) is 0 Å². The molecule has 0 radical (unpaired) electrons. The summed E-state index contributed by atoms with van der Waals surface area (Å²) in [6, 6.07) is 2.70. The fraction of sp³-hybridized carbons (Fsp3) is 0.692. The van der Waals surface area contributed by atoms with Crippen LogP contribution < -0.4 is 4.90 Å². The third-order valence-electron chi connectivity index (χ3n) is 3.96. The van der Waals surface area contributed by atoms with Gasteiger partial charge in [0.25, 0.3) is 0 Å². The van der Waals surface area contributed by atoms with Crippen LogP contribution in [0.25, 0.3) is 0 Å². The number of aromatic nitrogens is 2. The van der Waals surface area contributed by atoms with Gasteiger partial charge in [-0.15, -0.1) is 0 Å². The molecule has 1 aromatic rings. The van der Waals surface area contributed by atoms with E-state index in [2.05, 4.69) is 35.7 Å². The molecule has 0 unspecified atom stereocenters. The molecule has 0 N–H and O–H groups in total. The minimum atomic E-state index is 0.664. The first-order chi connectivity index (χ1) is 9.33. The van der Waals surface area contributed by atoms with Crippen molar-refractivity contribution in [2.75, 3.05) is 44.3 Å². The van der Waals surface area contributed by atoms with Crippen molar-refractivity contribution >= 4 is 21.7 Å². The summed E-state index contributed by atoms with van der Waals surface area (Å²) in [5, 5.41) is 0. The molecule has 0 saturated carbocycles. The van der Waals surface area contributed by atoms with Gasteiger partial charge in [-0.2, -0.15) is 0 Å². The Morgan fingerprint density at radius 2 is 1.89 bits per heavy atom. The summed E-state index contributed by atoms with van der Waals surface area (Å²) in [7, 11) is 0. The van der Waals surface area contributed by atoms with E-state index in [-0.39, 0.29) is 0 Å². The van der Waals surface area contributed by atoms with Gasteiger partial charge in [0.05, 0.1) is 0 Å². The quantitative estimate of drug-likeness (QED) is 0.771. The van der Waals surface area contributed by atoms with Crippen molar-refractivity contribution in [2.24, 2.45) is 0 Å². The van der Waals surface area contributed by atoms with Gasteiger partial charge in [0.15, 0.2) is 4.73 Å². The average molecular weight is 327 g/mol. The molecular weight excluding hydrogens is 308 g/mol. The van der Waals surface area contributed by atoms with Crippen LogP contribution in [0.15, 0.2) is 17.0 Å². The number of anilines is 1. The lowest BCUT2D eigenvalue weighted by Crippen LogP contribution is -2.51. The third-order valence-corrected chi connectivity index (χ3v) is 4.34. The molecule has 1 aromatic heterocycles. The summed E-state index contributed by atoms with van der Waals surface area (Å²) >= 11 is 3.33. The van der Waals surface area contributed by atoms with E-state index in [0.717, 1.165) is 45.2 Å². The molecule has 0 bridgehead atoms. The Kier molecular flexibility index (Phi) is 4.30. The fourth-order valence-corrected chi connectivity index (χ4v) is 3.17. The molecule has 104 valence electrons. The van der Waals surface area contributed by atoms with Crippen molar-refractivity contribution in [3.63, 3.8) is 0 Å². The largest absolute Gasteiger partial charge is 0.381 e. The number of piperazine rings is 1. The second-order valence-corrected chi connectivity index (χ2v) is 5.76. The Labute approximate surface area is 122 Å². The molecule has 2 saturated heterocycles. The molecule has 0 atom stereocenters. The van der Waals surface area contributed by atoms with Gasteiger partial charge in [-0.25, -0.2) is 9.97 Å². The molecule has 0 aromatic carbocycles. The summed E-state index contributed by atoms with van der Waals surface area (Å²) in [5.41, 5.74) is 0. The maximum atomic E-state index is 5.43. The first-order valence-electron chi connectivity index (χ1n) is 6.88. The zero-order chi connectivity index (χ0) is 13.1. The van der Waals surface area contributed by atoms with Crippen LogP contribution in [0.4, 0.5) is 5.82 Å². The van der Waals surface area contributed by atoms with E-state index in [1.54, 1.807) is 6.20 Å². The number of nitrogens with zero attached hydrogens (tertiary/aromatic N) is 4. The molecule has 5 nitrogen and oxygen atoms in total. The first-order valence-corrected chi connectivity index (χ1v) is 7.67. The number of hydrogen-bond acceptors (Lipinski definition) is 5. The van der Waals surface area contributed by atoms with Crippen molar-refractivity contribution in [1.29, 1.82) is 0 Å². The highest BCUT2D eigenvalue weighted by molar-refractivity contribution is 9.10. The lowest BCUT2D eigenvalue weighted by molar-refractivity contribution is 0.0321. The van der Waals surface area contributed by atoms with Gasteiger partial charge in [-0.1, -0.05) is 0 Å². The van der Waals surface area contributed by atoms with Gasteiger partial charge in [-0.05, 0) is 34.8 Å². The molecule has 0 aliphatic carbocycles. The number of rotatable bonds is 2. The van der Waals surface area contributed by atoms with E-state index in [1.807, 2.05) is 6.07 Å². The third kappa shape index (κ3) is 3.24. The summed E-state index contributed by atoms with van der Waals surface area (Å²) in [5.74, 6) is 1.02. The molecule has 0 amide bonds. The van der Waals surface area contributed by atoms with E-state index >= 15 is 0 Å². The minimum Gasteiger partial charge on any atom is -0.381 e. The first kappa shape index (κ1) is 13.3. The van der Waals surface area contributed by atoms with Gasteiger partial charge in [-0.3, -0.25) is 4.90 Å². The number of ether oxygens (including phenoxy) is 1. The van der Waals surface area contributed by atoms with E-state index < -0.39 is 0 Å². The Bertz CT molecular complexity index is 417. The molecule has 6 heteroatoms. The Balaban J connectivity index is 1.57. The minimum absolute atomic E-state index is 0.664. The fourth-order valence-electron chi connectivity index (χ4n) is 2.87. The second kappa shape index (κ2) is 6.15. The molecular formula is C13H19BrN4O. The molecule has 2 aliphatic rings. The molecule has 3 heterocycles. The maximum Gasteiger partial charge on any atom is 0.198 e. The zero-order valence-electron chi connectivity index (χ0n) is 11.0. The molecule has 2 aliphatic heterocycles. The Morgan fingerprint density at radius 1 is 1.16 bits per heavy atom. The standard InChI is InChI=1S/C13H19BrN4O/c14-13-15-4-1-12(16-13)18-7-5-17(6-8-18)11-2-9-19-10-3-11/h1,4,11H,2-3,5-10H2. The van der Waals surface area contributed by atoms with Crippen molar-refractivity contribution in [2.45, 2.75) is 18.9 Å². The van der Waals surface area contributed by atoms with Gasteiger partial charge >= 0.3 is 0 Å². The zero-order valence-corrected chi connectivity index (χ0v) is 12.5. The van der Waals surface area contributed by atoms with Crippen LogP contribution in [0, 0.1) is 0 Å². The predicted molar refractivity (Wildman–Crippen MR) is 77.4 cm³/mol. The normalized spacial score (nSPS) is 22.7. The summed E-state index contributed by atoms with van der Waals surface area (Å²) < 4.78 is 6.10. The molecule has 3 rings (SSSR count). The molecule has 19 heavy (non-hydrogen) atoms. The number of halogens is 1. The molecule has 0 spiro atoms. The van der Waals surface area contributed by atoms with Crippen LogP contribution in [0.1, 0.15) is 12.8 Å². The topological polar surface area (TPSA) is 41.5 Å². The Hall–Kier alpha value is -0.720. The van der Waals surface area contributed by atoms with E-state index in [1.165, 1.54) is 12.8 Å². The maximum absolute atomic E-state index is 5.43. The summed E-state index contributed by atoms with van der Waals surface area (Å²) in [6.45, 7) is 6.16. The van der Waals surface area contributed by atoms with E-state index in [9.17, 15) is 0 Å². The summed E-state index contributed by atoms with van der Waals surface area (Å²) in [6.07, 6.45) is 4.16. The van der Waals surface area contributed by atoms with Crippen LogP contribution in [-0.2, 0) is 4.74 Å². The Morgan fingerprint density at radius 3 is 2.58 bits per heavy atom. The molecule has 2 fully saturated rings. The second-order valence-electron chi connectivity index (χ2n) is 5.05. The lowest BCUT2D eigenvalue weighted by atomic mass is 10.1. The van der Waals surface area contributed by atoms with Gasteiger partial charge in [0.2, 0.25) is 0 Å². The highest BCUT2D eigenvalue weighted by Gasteiger charge is 2.25. The smallest absolute Gasteiger partial charge is 0.198 e. The SMILES string of the molecule is Brc1nccc(N2CCN(C3CCOCC3)CC2)n1. The van der Waals surface area contributed by atoms with Crippen LogP contribution in [0.5, 0.6) is 0 Å². The monoisotopic (exact) mass is 326 g/mol. The predicted octanol–water partition coefficient (Wildman–Crippen LogP) is 1.54. The highest BCUT2D eigenvalue weighted by Crippen LogP contribution is 2.19. The van der Waals surface area contributed by atoms with Crippen LogP contribution in [-0.4, -0.2) is 60.3 Å². The van der Waals surface area contributed by atoms with Crippen molar-refractivity contribution in [3.8, 4) is 0 Å². The average Bonchev–Trinajstić information content (AvgIpc) is 2.48. The van der Waals surface area contributed by atoms with Gasteiger partial charge in [0, 0.05) is 51.6 Å². The summed E-state index contributed by atoms with van der Waals surface area (Å²) in [4.78, 5) is 13.4.